The summed E-state index contributed by atoms with van der Waals surface area (Å²) in [6.07, 6.45) is 5.14. The van der Waals surface area contributed by atoms with Crippen LogP contribution in [0, 0.1) is 0 Å². The van der Waals surface area contributed by atoms with Gasteiger partial charge >= 0.3 is 0 Å². The Hall–Kier alpha value is -1.58. The van der Waals surface area contributed by atoms with Crippen LogP contribution in [0.15, 0.2) is 24.7 Å². The molecule has 0 amide bonds. The number of hydrogen-bond donors (Lipinski definition) is 0. The van der Waals surface area contributed by atoms with E-state index in [1.807, 2.05) is 0 Å². The van der Waals surface area contributed by atoms with Crippen LogP contribution in [0.3, 0.4) is 0 Å². The quantitative estimate of drug-likeness (QED) is 0.600. The Morgan fingerprint density at radius 3 is 3.18 bits per heavy atom. The van der Waals surface area contributed by atoms with Crippen molar-refractivity contribution in [1.29, 1.82) is 0 Å². The molecule has 11 heavy (non-hydrogen) atoms. The van der Waals surface area contributed by atoms with Crippen LogP contribution in [0.4, 0.5) is 0 Å². The highest BCUT2D eigenvalue weighted by molar-refractivity contribution is 5.51. The molecule has 0 spiro atoms. The van der Waals surface area contributed by atoms with E-state index in [9.17, 15) is 0 Å². The molecule has 0 aliphatic carbocycles. The van der Waals surface area contributed by atoms with Crippen molar-refractivity contribution in [1.82, 2.24) is 14.6 Å². The number of rotatable bonds is 1. The van der Waals surface area contributed by atoms with Crippen molar-refractivity contribution in [2.45, 2.75) is 0 Å². The van der Waals surface area contributed by atoms with Crippen LogP contribution in [-0.4, -0.2) is 21.7 Å². The van der Waals surface area contributed by atoms with E-state index in [0.29, 0.717) is 0 Å². The summed E-state index contributed by atoms with van der Waals surface area (Å²) in [5.41, 5.74) is 0.745. The molecule has 0 saturated heterocycles. The van der Waals surface area contributed by atoms with Crippen LogP contribution in [0.2, 0.25) is 0 Å². The second-order valence-corrected chi connectivity index (χ2v) is 2.10. The molecule has 0 bridgehead atoms. The predicted molar refractivity (Wildman–Crippen MR) is 39.5 cm³/mol. The first-order valence-electron chi connectivity index (χ1n) is 3.24. The lowest BCUT2D eigenvalue weighted by molar-refractivity contribution is 0.415. The predicted octanol–water partition coefficient (Wildman–Crippen LogP) is 0.738. The SMILES string of the molecule is COc1ccnn2ccnc12. The molecule has 2 heterocycles. The number of nitrogens with zero attached hydrogens (tertiary/aromatic N) is 3. The molecular weight excluding hydrogens is 142 g/mol. The van der Waals surface area contributed by atoms with Crippen LogP contribution in [0.25, 0.3) is 5.65 Å². The third kappa shape index (κ3) is 0.832. The zero-order chi connectivity index (χ0) is 7.68. The molecule has 2 rings (SSSR count). The van der Waals surface area contributed by atoms with Crippen molar-refractivity contribution >= 4 is 5.65 Å². The van der Waals surface area contributed by atoms with Crippen molar-refractivity contribution in [3.05, 3.63) is 24.7 Å². The number of hydrogen-bond acceptors (Lipinski definition) is 3. The van der Waals surface area contributed by atoms with Crippen LogP contribution in [0.1, 0.15) is 0 Å². The summed E-state index contributed by atoms with van der Waals surface area (Å²) in [6, 6.07) is 1.78. The van der Waals surface area contributed by atoms with Crippen molar-refractivity contribution in [3.63, 3.8) is 0 Å². The average molecular weight is 149 g/mol. The zero-order valence-corrected chi connectivity index (χ0v) is 6.06. The van der Waals surface area contributed by atoms with E-state index < -0.39 is 0 Å². The minimum absolute atomic E-state index is 0.741. The first-order chi connectivity index (χ1) is 5.42. The summed E-state index contributed by atoms with van der Waals surface area (Å²) in [5, 5.41) is 4.02. The fraction of sp³-hybridized carbons (Fsp3) is 0.143. The molecule has 0 atom stereocenters. The minimum Gasteiger partial charge on any atom is -0.493 e. The number of ether oxygens (including phenoxy) is 1. The number of methoxy groups -OCH3 is 1. The van der Waals surface area contributed by atoms with Gasteiger partial charge in [-0.2, -0.15) is 5.10 Å². The number of aromatic nitrogens is 3. The van der Waals surface area contributed by atoms with E-state index in [0.717, 1.165) is 11.4 Å². The Labute approximate surface area is 63.4 Å². The molecule has 0 saturated carbocycles. The lowest BCUT2D eigenvalue weighted by Gasteiger charge is -1.98. The van der Waals surface area contributed by atoms with Gasteiger partial charge in [-0.3, -0.25) is 0 Å². The molecule has 2 aromatic rings. The zero-order valence-electron chi connectivity index (χ0n) is 6.06. The highest BCUT2D eigenvalue weighted by Crippen LogP contribution is 2.14. The first-order valence-corrected chi connectivity index (χ1v) is 3.24. The van der Waals surface area contributed by atoms with Crippen molar-refractivity contribution in [3.8, 4) is 5.75 Å². The minimum atomic E-state index is 0.741. The largest absolute Gasteiger partial charge is 0.493 e. The lowest BCUT2D eigenvalue weighted by atomic mass is 10.5. The first kappa shape index (κ1) is 6.15. The Kier molecular flexibility index (Phi) is 1.25. The van der Waals surface area contributed by atoms with E-state index in [1.165, 1.54) is 0 Å². The van der Waals surface area contributed by atoms with Crippen molar-refractivity contribution in [2.24, 2.45) is 0 Å². The molecule has 0 aromatic carbocycles. The monoisotopic (exact) mass is 149 g/mol. The standard InChI is InChI=1S/C7H7N3O/c1-11-6-2-3-9-10-5-4-8-7(6)10/h2-5H,1H3. The van der Waals surface area contributed by atoms with Crippen LogP contribution in [-0.2, 0) is 0 Å². The molecule has 4 heteroatoms. The summed E-state index contributed by atoms with van der Waals surface area (Å²) in [4.78, 5) is 4.06. The molecule has 56 valence electrons. The van der Waals surface area contributed by atoms with Gasteiger partial charge in [-0.05, 0) is 0 Å². The van der Waals surface area contributed by atoms with Gasteiger partial charge < -0.3 is 4.74 Å². The van der Waals surface area contributed by atoms with E-state index in [4.69, 9.17) is 4.74 Å². The van der Waals surface area contributed by atoms with Crippen LogP contribution >= 0.6 is 0 Å². The number of imidazole rings is 1. The molecule has 4 nitrogen and oxygen atoms in total. The van der Waals surface area contributed by atoms with Gasteiger partial charge in [0.25, 0.3) is 0 Å². The summed E-state index contributed by atoms with van der Waals surface area (Å²) in [5.74, 6) is 0.741. The summed E-state index contributed by atoms with van der Waals surface area (Å²) in [6.45, 7) is 0. The summed E-state index contributed by atoms with van der Waals surface area (Å²) < 4.78 is 6.73. The Bertz CT molecular complexity index is 368. The molecular formula is C7H7N3O. The summed E-state index contributed by atoms with van der Waals surface area (Å²) in [7, 11) is 1.62. The lowest BCUT2D eigenvalue weighted by Crippen LogP contribution is -1.92. The Morgan fingerprint density at radius 2 is 2.36 bits per heavy atom. The molecule has 0 aliphatic heterocycles. The van der Waals surface area contributed by atoms with Gasteiger partial charge in [-0.15, -0.1) is 0 Å². The number of fused-ring (bicyclic) bond motifs is 1. The van der Waals surface area contributed by atoms with Gasteiger partial charge in [-0.1, -0.05) is 0 Å². The van der Waals surface area contributed by atoms with Crippen LogP contribution in [0.5, 0.6) is 5.75 Å². The normalized spacial score (nSPS) is 10.3. The fourth-order valence-corrected chi connectivity index (χ4v) is 0.973. The van der Waals surface area contributed by atoms with E-state index in [2.05, 4.69) is 10.1 Å². The van der Waals surface area contributed by atoms with Crippen LogP contribution < -0.4 is 4.74 Å². The average Bonchev–Trinajstić information content (AvgIpc) is 2.50. The smallest absolute Gasteiger partial charge is 0.196 e. The van der Waals surface area contributed by atoms with Crippen molar-refractivity contribution in [2.75, 3.05) is 7.11 Å². The third-order valence-corrected chi connectivity index (χ3v) is 1.48. The Balaban J connectivity index is 2.79. The highest BCUT2D eigenvalue weighted by Gasteiger charge is 2.00. The second-order valence-electron chi connectivity index (χ2n) is 2.10. The second kappa shape index (κ2) is 2.23. The van der Waals surface area contributed by atoms with Crippen molar-refractivity contribution < 1.29 is 4.74 Å². The third-order valence-electron chi connectivity index (χ3n) is 1.48. The maximum absolute atomic E-state index is 5.06. The van der Waals surface area contributed by atoms with Gasteiger partial charge in [0.1, 0.15) is 0 Å². The Morgan fingerprint density at radius 1 is 1.45 bits per heavy atom. The van der Waals surface area contributed by atoms with E-state index >= 15 is 0 Å². The molecule has 2 aromatic heterocycles. The van der Waals surface area contributed by atoms with Gasteiger partial charge in [0.05, 0.1) is 13.3 Å². The van der Waals surface area contributed by atoms with E-state index in [-0.39, 0.29) is 0 Å². The fourth-order valence-electron chi connectivity index (χ4n) is 0.973. The van der Waals surface area contributed by atoms with Gasteiger partial charge in [0, 0.05) is 18.5 Å². The maximum atomic E-state index is 5.06. The highest BCUT2D eigenvalue weighted by atomic mass is 16.5. The molecule has 0 fully saturated rings. The van der Waals surface area contributed by atoms with E-state index in [1.54, 1.807) is 36.3 Å². The molecule has 0 aliphatic rings. The topological polar surface area (TPSA) is 39.4 Å². The maximum Gasteiger partial charge on any atom is 0.196 e. The molecule has 0 radical (unpaired) electrons. The van der Waals surface area contributed by atoms with Gasteiger partial charge in [0.2, 0.25) is 0 Å². The van der Waals surface area contributed by atoms with Gasteiger partial charge in [-0.25, -0.2) is 9.50 Å². The summed E-state index contributed by atoms with van der Waals surface area (Å²) >= 11 is 0. The molecule has 0 N–H and O–H groups in total. The van der Waals surface area contributed by atoms with Gasteiger partial charge in [0.15, 0.2) is 11.4 Å². The molecule has 0 unspecified atom stereocenters.